The second kappa shape index (κ2) is 9.59. The van der Waals surface area contributed by atoms with Crippen LogP contribution in [-0.4, -0.2) is 51.2 Å². The number of nitrogens with zero attached hydrogens (tertiary/aromatic N) is 2. The van der Waals surface area contributed by atoms with E-state index < -0.39 is 22.9 Å². The summed E-state index contributed by atoms with van der Waals surface area (Å²) in [4.78, 5) is 37.0. The van der Waals surface area contributed by atoms with E-state index in [1.807, 2.05) is 0 Å². The third-order valence-electron chi connectivity index (χ3n) is 4.19. The number of hydrogen-bond donors (Lipinski definition) is 1. The molecule has 0 saturated heterocycles. The maximum absolute atomic E-state index is 12.4. The molecule has 0 heterocycles. The van der Waals surface area contributed by atoms with Gasteiger partial charge in [0.1, 0.15) is 5.69 Å². The number of nitro benzene ring substituents is 1. The van der Waals surface area contributed by atoms with E-state index in [0.29, 0.717) is 22.9 Å². The van der Waals surface area contributed by atoms with Gasteiger partial charge in [0.2, 0.25) is 0 Å². The van der Waals surface area contributed by atoms with Crippen molar-refractivity contribution in [3.05, 3.63) is 52.1 Å². The van der Waals surface area contributed by atoms with Gasteiger partial charge in [0.25, 0.3) is 11.6 Å². The molecule has 2 aromatic carbocycles. The Kier molecular flexibility index (Phi) is 7.18. The molecule has 2 aromatic rings. The van der Waals surface area contributed by atoms with Crippen LogP contribution in [0.15, 0.2) is 36.4 Å². The molecule has 10 nitrogen and oxygen atoms in total. The van der Waals surface area contributed by atoms with E-state index in [4.69, 9.17) is 14.2 Å². The normalized spacial score (nSPS) is 11.2. The summed E-state index contributed by atoms with van der Waals surface area (Å²) in [7, 11) is 6.27. The van der Waals surface area contributed by atoms with Crippen molar-refractivity contribution < 1.29 is 28.7 Å². The zero-order chi connectivity index (χ0) is 22.4. The highest BCUT2D eigenvalue weighted by Crippen LogP contribution is 2.30. The van der Waals surface area contributed by atoms with E-state index in [2.05, 4.69) is 5.32 Å². The molecule has 1 N–H and O–H groups in total. The largest absolute Gasteiger partial charge is 0.493 e. The topological polar surface area (TPSA) is 120 Å². The van der Waals surface area contributed by atoms with Crippen LogP contribution in [0.1, 0.15) is 17.3 Å². The van der Waals surface area contributed by atoms with Crippen molar-refractivity contribution in [3.63, 3.8) is 0 Å². The van der Waals surface area contributed by atoms with Gasteiger partial charge in [0.05, 0.1) is 24.7 Å². The molecule has 0 spiro atoms. The van der Waals surface area contributed by atoms with Gasteiger partial charge < -0.3 is 24.4 Å². The van der Waals surface area contributed by atoms with Crippen LogP contribution in [0.5, 0.6) is 11.5 Å². The molecule has 1 atom stereocenters. The summed E-state index contributed by atoms with van der Waals surface area (Å²) < 4.78 is 15.5. The number of methoxy groups -OCH3 is 2. The first-order valence-corrected chi connectivity index (χ1v) is 8.87. The van der Waals surface area contributed by atoms with E-state index in [1.165, 1.54) is 33.3 Å². The number of benzene rings is 2. The highest BCUT2D eigenvalue weighted by molar-refractivity contribution is 5.98. The van der Waals surface area contributed by atoms with Gasteiger partial charge >= 0.3 is 5.97 Å². The van der Waals surface area contributed by atoms with Crippen molar-refractivity contribution in [2.45, 2.75) is 13.0 Å². The maximum atomic E-state index is 12.4. The van der Waals surface area contributed by atoms with E-state index in [1.54, 1.807) is 37.2 Å². The highest BCUT2D eigenvalue weighted by atomic mass is 16.6. The first kappa shape index (κ1) is 22.5. The summed E-state index contributed by atoms with van der Waals surface area (Å²) in [6, 6.07) is 8.77. The minimum atomic E-state index is -1.14. The average molecular weight is 417 g/mol. The summed E-state index contributed by atoms with van der Waals surface area (Å²) in [6.45, 7) is 1.40. The van der Waals surface area contributed by atoms with E-state index in [-0.39, 0.29) is 11.3 Å². The lowest BCUT2D eigenvalue weighted by molar-refractivity contribution is -0.384. The third kappa shape index (κ3) is 5.16. The molecule has 0 fully saturated rings. The number of hydrogen-bond acceptors (Lipinski definition) is 8. The monoisotopic (exact) mass is 417 g/mol. The Morgan fingerprint density at radius 2 is 1.73 bits per heavy atom. The number of carbonyl (C=O) groups excluding carboxylic acids is 2. The van der Waals surface area contributed by atoms with Crippen molar-refractivity contribution in [2.75, 3.05) is 38.5 Å². The lowest BCUT2D eigenvalue weighted by Crippen LogP contribution is -2.30. The van der Waals surface area contributed by atoms with Gasteiger partial charge in [-0.05, 0) is 31.2 Å². The zero-order valence-electron chi connectivity index (χ0n) is 17.3. The van der Waals surface area contributed by atoms with Crippen LogP contribution in [0.25, 0.3) is 0 Å². The van der Waals surface area contributed by atoms with Crippen LogP contribution in [0.2, 0.25) is 0 Å². The first-order chi connectivity index (χ1) is 14.2. The fourth-order valence-electron chi connectivity index (χ4n) is 2.61. The van der Waals surface area contributed by atoms with Crippen LogP contribution >= 0.6 is 0 Å². The number of esters is 1. The summed E-state index contributed by atoms with van der Waals surface area (Å²) >= 11 is 0. The molecular formula is C20H23N3O7. The molecule has 0 aromatic heterocycles. The first-order valence-electron chi connectivity index (χ1n) is 8.87. The second-order valence-electron chi connectivity index (χ2n) is 6.46. The van der Waals surface area contributed by atoms with Gasteiger partial charge in [-0.15, -0.1) is 0 Å². The second-order valence-corrected chi connectivity index (χ2v) is 6.46. The average Bonchev–Trinajstić information content (AvgIpc) is 2.72. The number of ether oxygens (including phenoxy) is 3. The number of nitrogens with one attached hydrogen (secondary N) is 1. The molecule has 1 amide bonds. The van der Waals surface area contributed by atoms with Crippen LogP contribution in [-0.2, 0) is 9.53 Å². The van der Waals surface area contributed by atoms with Gasteiger partial charge in [-0.1, -0.05) is 0 Å². The lowest BCUT2D eigenvalue weighted by atomic mass is 10.1. The fourth-order valence-corrected chi connectivity index (χ4v) is 2.61. The number of rotatable bonds is 8. The van der Waals surface area contributed by atoms with Crippen LogP contribution in [0.3, 0.4) is 0 Å². The molecular weight excluding hydrogens is 394 g/mol. The van der Waals surface area contributed by atoms with Gasteiger partial charge in [0, 0.05) is 31.9 Å². The number of amides is 1. The summed E-state index contributed by atoms with van der Waals surface area (Å²) in [5.41, 5.74) is 0.497. The minimum absolute atomic E-state index is 0.0296. The van der Waals surface area contributed by atoms with Crippen LogP contribution in [0.4, 0.5) is 17.1 Å². The summed E-state index contributed by atoms with van der Waals surface area (Å²) in [5.74, 6) is -0.501. The minimum Gasteiger partial charge on any atom is -0.493 e. The molecule has 10 heteroatoms. The van der Waals surface area contributed by atoms with Gasteiger partial charge in [-0.25, -0.2) is 4.79 Å². The van der Waals surface area contributed by atoms with Crippen molar-refractivity contribution >= 4 is 28.9 Å². The molecule has 2 rings (SSSR count). The van der Waals surface area contributed by atoms with Crippen LogP contribution < -0.4 is 19.7 Å². The van der Waals surface area contributed by atoms with Gasteiger partial charge in [-0.2, -0.15) is 0 Å². The number of anilines is 2. The highest BCUT2D eigenvalue weighted by Gasteiger charge is 2.23. The Balaban J connectivity index is 2.11. The quantitative estimate of drug-likeness (QED) is 0.395. The zero-order valence-corrected chi connectivity index (χ0v) is 17.3. The SMILES string of the molecule is COc1ccc(NC(=O)[C@@H](C)OC(=O)c2ccc(N(C)C)c([N+](=O)[O-])c2)cc1OC. The molecule has 0 aliphatic carbocycles. The van der Waals surface area contributed by atoms with Gasteiger partial charge in [-0.3, -0.25) is 14.9 Å². The maximum Gasteiger partial charge on any atom is 0.339 e. The molecule has 0 aliphatic heterocycles. The summed E-state index contributed by atoms with van der Waals surface area (Å²) in [5, 5.41) is 13.9. The molecule has 0 bridgehead atoms. The summed E-state index contributed by atoms with van der Waals surface area (Å²) in [6.07, 6.45) is -1.14. The van der Waals surface area contributed by atoms with Crippen molar-refractivity contribution in [1.29, 1.82) is 0 Å². The standard InChI is InChI=1S/C20H23N3O7/c1-12(19(24)21-14-7-9-17(28-4)18(11-14)29-5)30-20(25)13-6-8-15(22(2)3)16(10-13)23(26)27/h6-12H,1-5H3,(H,21,24)/t12-/m1/s1. The molecule has 0 saturated carbocycles. The Morgan fingerprint density at radius 3 is 2.30 bits per heavy atom. The Labute approximate surface area is 173 Å². The molecule has 0 unspecified atom stereocenters. The van der Waals surface area contributed by atoms with Crippen molar-refractivity contribution in [1.82, 2.24) is 0 Å². The van der Waals surface area contributed by atoms with Gasteiger partial charge in [0.15, 0.2) is 17.6 Å². The van der Waals surface area contributed by atoms with E-state index in [0.717, 1.165) is 6.07 Å². The predicted molar refractivity (Wildman–Crippen MR) is 110 cm³/mol. The van der Waals surface area contributed by atoms with Crippen LogP contribution in [0, 0.1) is 10.1 Å². The van der Waals surface area contributed by atoms with E-state index >= 15 is 0 Å². The Hall–Kier alpha value is -3.82. The van der Waals surface area contributed by atoms with Crippen molar-refractivity contribution in [3.8, 4) is 11.5 Å². The predicted octanol–water partition coefficient (Wildman–Crippen LogP) is 2.86. The fraction of sp³-hybridized carbons (Fsp3) is 0.300. The van der Waals surface area contributed by atoms with E-state index in [9.17, 15) is 19.7 Å². The molecule has 30 heavy (non-hydrogen) atoms. The Morgan fingerprint density at radius 1 is 1.07 bits per heavy atom. The smallest absolute Gasteiger partial charge is 0.339 e. The number of carbonyl (C=O) groups is 2. The molecule has 0 aliphatic rings. The number of nitro groups is 1. The van der Waals surface area contributed by atoms with Crippen molar-refractivity contribution in [2.24, 2.45) is 0 Å². The molecule has 0 radical (unpaired) electrons. The lowest BCUT2D eigenvalue weighted by Gasteiger charge is -2.16. The third-order valence-corrected chi connectivity index (χ3v) is 4.19. The Bertz CT molecular complexity index is 959. The molecule has 160 valence electrons.